The van der Waals surface area contributed by atoms with Crippen molar-refractivity contribution < 1.29 is 4.74 Å². The molecule has 0 amide bonds. The fourth-order valence-corrected chi connectivity index (χ4v) is 1.78. The number of aromatic nitrogens is 2. The van der Waals surface area contributed by atoms with Gasteiger partial charge in [-0.2, -0.15) is 0 Å². The van der Waals surface area contributed by atoms with Gasteiger partial charge in [-0.05, 0) is 19.8 Å². The van der Waals surface area contributed by atoms with E-state index in [2.05, 4.69) is 34.2 Å². The smallest absolute Gasteiger partial charge is 0.134 e. The van der Waals surface area contributed by atoms with E-state index in [4.69, 9.17) is 4.74 Å². The highest BCUT2D eigenvalue weighted by molar-refractivity contribution is 5.48. The van der Waals surface area contributed by atoms with Crippen LogP contribution >= 0.6 is 0 Å². The minimum Gasteiger partial charge on any atom is -0.385 e. The van der Waals surface area contributed by atoms with Crippen LogP contribution in [-0.4, -0.2) is 43.8 Å². The van der Waals surface area contributed by atoms with Crippen LogP contribution in [0.1, 0.15) is 32.0 Å². The average molecular weight is 266 g/mol. The van der Waals surface area contributed by atoms with Crippen LogP contribution in [0.3, 0.4) is 0 Å². The Morgan fingerprint density at radius 3 is 2.79 bits per heavy atom. The minimum atomic E-state index is 0.764. The van der Waals surface area contributed by atoms with E-state index in [1.165, 1.54) is 12.8 Å². The lowest BCUT2D eigenvalue weighted by Gasteiger charge is -2.19. The van der Waals surface area contributed by atoms with Crippen molar-refractivity contribution >= 4 is 11.6 Å². The van der Waals surface area contributed by atoms with Crippen molar-refractivity contribution in [3.63, 3.8) is 0 Å². The maximum absolute atomic E-state index is 5.03. The first kappa shape index (κ1) is 15.7. The van der Waals surface area contributed by atoms with Gasteiger partial charge < -0.3 is 15.0 Å². The van der Waals surface area contributed by atoms with Crippen LogP contribution in [0.4, 0.5) is 11.6 Å². The van der Waals surface area contributed by atoms with Gasteiger partial charge in [-0.1, -0.05) is 13.3 Å². The van der Waals surface area contributed by atoms with Crippen LogP contribution in [0.5, 0.6) is 0 Å². The zero-order chi connectivity index (χ0) is 14.1. The summed E-state index contributed by atoms with van der Waals surface area (Å²) in [5.74, 6) is 2.67. The number of rotatable bonds is 9. The third kappa shape index (κ3) is 5.87. The maximum Gasteiger partial charge on any atom is 0.134 e. The third-order valence-corrected chi connectivity index (χ3v) is 2.89. The molecule has 0 atom stereocenters. The van der Waals surface area contributed by atoms with Crippen molar-refractivity contribution in [2.24, 2.45) is 0 Å². The average Bonchev–Trinajstić information content (AvgIpc) is 2.40. The molecule has 108 valence electrons. The number of hydrogen-bond donors (Lipinski definition) is 1. The molecule has 5 nitrogen and oxygen atoms in total. The summed E-state index contributed by atoms with van der Waals surface area (Å²) in [4.78, 5) is 11.1. The lowest BCUT2D eigenvalue weighted by atomic mass is 10.3. The van der Waals surface area contributed by atoms with Gasteiger partial charge in [-0.15, -0.1) is 0 Å². The fourth-order valence-electron chi connectivity index (χ4n) is 1.78. The number of unbranched alkanes of at least 4 members (excludes halogenated alkanes) is 1. The Morgan fingerprint density at radius 2 is 2.11 bits per heavy atom. The van der Waals surface area contributed by atoms with Crippen LogP contribution in [0.15, 0.2) is 6.07 Å². The third-order valence-electron chi connectivity index (χ3n) is 2.89. The molecule has 0 unspecified atom stereocenters. The highest BCUT2D eigenvalue weighted by atomic mass is 16.5. The molecule has 1 heterocycles. The Balaban J connectivity index is 2.60. The molecular weight excluding hydrogens is 240 g/mol. The molecule has 0 radical (unpaired) electrons. The number of ether oxygens (including phenoxy) is 1. The molecule has 1 aromatic rings. The van der Waals surface area contributed by atoms with Crippen LogP contribution in [0.2, 0.25) is 0 Å². The lowest BCUT2D eigenvalue weighted by Crippen LogP contribution is -2.20. The summed E-state index contributed by atoms with van der Waals surface area (Å²) in [5.41, 5.74) is 0. The molecule has 1 aromatic heterocycles. The van der Waals surface area contributed by atoms with E-state index in [-0.39, 0.29) is 0 Å². The highest BCUT2D eigenvalue weighted by Crippen LogP contribution is 2.15. The molecular formula is C14H26N4O. The van der Waals surface area contributed by atoms with Crippen LogP contribution in [-0.2, 0) is 4.74 Å². The SMILES string of the molecule is CCCCN(C)c1cc(NCCCOC)nc(C)n1. The molecule has 19 heavy (non-hydrogen) atoms. The van der Waals surface area contributed by atoms with Crippen molar-refractivity contribution in [1.29, 1.82) is 0 Å². The van der Waals surface area contributed by atoms with Gasteiger partial charge in [0.15, 0.2) is 0 Å². The fraction of sp³-hybridized carbons (Fsp3) is 0.714. The Labute approximate surface area is 116 Å². The largest absolute Gasteiger partial charge is 0.385 e. The molecule has 0 saturated carbocycles. The summed E-state index contributed by atoms with van der Waals surface area (Å²) in [5, 5.41) is 3.31. The number of aryl methyl sites for hydroxylation is 1. The molecule has 0 aliphatic rings. The lowest BCUT2D eigenvalue weighted by molar-refractivity contribution is 0.198. The highest BCUT2D eigenvalue weighted by Gasteiger charge is 2.06. The van der Waals surface area contributed by atoms with Gasteiger partial charge in [0.1, 0.15) is 17.5 Å². The van der Waals surface area contributed by atoms with Crippen molar-refractivity contribution in [2.75, 3.05) is 44.1 Å². The zero-order valence-corrected chi connectivity index (χ0v) is 12.6. The second-order valence-corrected chi connectivity index (χ2v) is 4.71. The molecule has 1 N–H and O–H groups in total. The van der Waals surface area contributed by atoms with Gasteiger partial charge in [-0.3, -0.25) is 0 Å². The zero-order valence-electron chi connectivity index (χ0n) is 12.6. The number of anilines is 2. The summed E-state index contributed by atoms with van der Waals surface area (Å²) in [6.45, 7) is 6.78. The molecule has 5 heteroatoms. The normalized spacial score (nSPS) is 10.5. The molecule has 0 aliphatic carbocycles. The van der Waals surface area contributed by atoms with Crippen molar-refractivity contribution in [3.8, 4) is 0 Å². The van der Waals surface area contributed by atoms with Gasteiger partial charge in [0, 0.05) is 39.9 Å². The first-order chi connectivity index (χ1) is 9.17. The van der Waals surface area contributed by atoms with Crippen LogP contribution < -0.4 is 10.2 Å². The second-order valence-electron chi connectivity index (χ2n) is 4.71. The standard InChI is InChI=1S/C14H26N4O/c1-5-6-9-18(3)14-11-13(16-12(2)17-14)15-8-7-10-19-4/h11H,5-10H2,1-4H3,(H,15,16,17). The van der Waals surface area contributed by atoms with E-state index in [1.807, 2.05) is 13.0 Å². The van der Waals surface area contributed by atoms with E-state index in [0.29, 0.717) is 0 Å². The van der Waals surface area contributed by atoms with Gasteiger partial charge in [-0.25, -0.2) is 9.97 Å². The topological polar surface area (TPSA) is 50.3 Å². The van der Waals surface area contributed by atoms with Gasteiger partial charge in [0.2, 0.25) is 0 Å². The minimum absolute atomic E-state index is 0.764. The monoisotopic (exact) mass is 266 g/mol. The summed E-state index contributed by atoms with van der Waals surface area (Å²) in [7, 11) is 3.79. The predicted octanol–water partition coefficient (Wildman–Crippen LogP) is 2.47. The molecule has 0 bridgehead atoms. The van der Waals surface area contributed by atoms with Gasteiger partial charge in [0.05, 0.1) is 0 Å². The van der Waals surface area contributed by atoms with E-state index in [9.17, 15) is 0 Å². The summed E-state index contributed by atoms with van der Waals surface area (Å²) in [6, 6.07) is 2.01. The summed E-state index contributed by atoms with van der Waals surface area (Å²) < 4.78 is 5.03. The van der Waals surface area contributed by atoms with Crippen LogP contribution in [0, 0.1) is 6.92 Å². The van der Waals surface area contributed by atoms with Gasteiger partial charge >= 0.3 is 0 Å². The van der Waals surface area contributed by atoms with E-state index in [1.54, 1.807) is 7.11 Å². The number of methoxy groups -OCH3 is 1. The van der Waals surface area contributed by atoms with Crippen molar-refractivity contribution in [1.82, 2.24) is 9.97 Å². The summed E-state index contributed by atoms with van der Waals surface area (Å²) in [6.07, 6.45) is 3.34. The van der Waals surface area contributed by atoms with E-state index in [0.717, 1.165) is 43.6 Å². The predicted molar refractivity (Wildman–Crippen MR) is 79.9 cm³/mol. The number of hydrogen-bond acceptors (Lipinski definition) is 5. The number of nitrogens with zero attached hydrogens (tertiary/aromatic N) is 3. The molecule has 0 aliphatic heterocycles. The molecule has 0 saturated heterocycles. The molecule has 0 aromatic carbocycles. The molecule has 1 rings (SSSR count). The van der Waals surface area contributed by atoms with E-state index < -0.39 is 0 Å². The summed E-state index contributed by atoms with van der Waals surface area (Å²) >= 11 is 0. The first-order valence-electron chi connectivity index (χ1n) is 6.97. The van der Waals surface area contributed by atoms with Gasteiger partial charge in [0.25, 0.3) is 0 Å². The molecule has 0 spiro atoms. The van der Waals surface area contributed by atoms with E-state index >= 15 is 0 Å². The Kier molecular flexibility index (Phi) is 7.18. The Bertz CT molecular complexity index is 370. The first-order valence-corrected chi connectivity index (χ1v) is 6.97. The maximum atomic E-state index is 5.03. The number of nitrogens with one attached hydrogen (secondary N) is 1. The molecule has 0 fully saturated rings. The van der Waals surface area contributed by atoms with Crippen LogP contribution in [0.25, 0.3) is 0 Å². The second kappa shape index (κ2) is 8.69. The Morgan fingerprint density at radius 1 is 1.32 bits per heavy atom. The Hall–Kier alpha value is -1.36. The van der Waals surface area contributed by atoms with Crippen molar-refractivity contribution in [2.45, 2.75) is 33.1 Å². The quantitative estimate of drug-likeness (QED) is 0.696. The van der Waals surface area contributed by atoms with Crippen molar-refractivity contribution in [3.05, 3.63) is 11.9 Å².